The summed E-state index contributed by atoms with van der Waals surface area (Å²) in [5.41, 5.74) is 7.07. The molecule has 0 aliphatic carbocycles. The monoisotopic (exact) mass is 338 g/mol. The van der Waals surface area contributed by atoms with Gasteiger partial charge in [0.15, 0.2) is 12.4 Å². The second-order valence-electron chi connectivity index (χ2n) is 6.64. The third-order valence-electron chi connectivity index (χ3n) is 4.80. The van der Waals surface area contributed by atoms with Crippen molar-refractivity contribution < 1.29 is 14.2 Å². The molecule has 0 atom stereocenters. The van der Waals surface area contributed by atoms with Crippen LogP contribution in [-0.4, -0.2) is 29.8 Å². The van der Waals surface area contributed by atoms with Gasteiger partial charge in [-0.05, 0) is 36.8 Å². The maximum atomic E-state index is 12.5. The summed E-state index contributed by atoms with van der Waals surface area (Å²) in [5, 5.41) is 0. The lowest BCUT2D eigenvalue weighted by Gasteiger charge is -2.31. The standard InChI is InChI=1S/C20H23N3O2/c21-20(25)18-7-4-10-22(14-18)15-19(24)23-11-8-17(9-12-23)13-16-5-2-1-3-6-16/h1-7,10,14,17H,8-9,11-13,15H2,(H-,21,25)/p+1. The number of primary amides is 1. The quantitative estimate of drug-likeness (QED) is 0.841. The van der Waals surface area contributed by atoms with Crippen LogP contribution in [0.5, 0.6) is 0 Å². The zero-order valence-electron chi connectivity index (χ0n) is 14.3. The van der Waals surface area contributed by atoms with E-state index in [1.165, 1.54) is 5.56 Å². The maximum Gasteiger partial charge on any atom is 0.288 e. The van der Waals surface area contributed by atoms with Crippen LogP contribution in [0.4, 0.5) is 0 Å². The number of carbonyl (C=O) groups is 2. The normalized spacial score (nSPS) is 15.1. The second kappa shape index (κ2) is 7.92. The van der Waals surface area contributed by atoms with Crippen molar-refractivity contribution in [2.45, 2.75) is 25.8 Å². The molecular formula is C20H24N3O2+. The van der Waals surface area contributed by atoms with E-state index in [9.17, 15) is 9.59 Å². The summed E-state index contributed by atoms with van der Waals surface area (Å²) >= 11 is 0. The first kappa shape index (κ1) is 17.1. The zero-order valence-corrected chi connectivity index (χ0v) is 14.3. The number of benzene rings is 1. The molecule has 2 amide bonds. The lowest BCUT2D eigenvalue weighted by atomic mass is 9.90. The number of nitrogens with two attached hydrogens (primary N) is 1. The van der Waals surface area contributed by atoms with E-state index < -0.39 is 5.91 Å². The average Bonchev–Trinajstić information content (AvgIpc) is 2.63. The minimum absolute atomic E-state index is 0.0878. The SMILES string of the molecule is NC(=O)c1ccc[n+](CC(=O)N2CCC(Cc3ccccc3)CC2)c1. The van der Waals surface area contributed by atoms with Crippen LogP contribution in [0.1, 0.15) is 28.8 Å². The molecule has 1 aliphatic heterocycles. The van der Waals surface area contributed by atoms with Crippen LogP contribution in [0, 0.1) is 5.92 Å². The minimum Gasteiger partial charge on any atom is -0.365 e. The molecule has 1 aromatic heterocycles. The molecule has 0 saturated carbocycles. The molecule has 2 heterocycles. The van der Waals surface area contributed by atoms with E-state index in [0.717, 1.165) is 32.4 Å². The molecule has 5 heteroatoms. The number of amides is 2. The fourth-order valence-electron chi connectivity index (χ4n) is 3.36. The lowest BCUT2D eigenvalue weighted by molar-refractivity contribution is -0.685. The van der Waals surface area contributed by atoms with Gasteiger partial charge in [-0.25, -0.2) is 0 Å². The highest BCUT2D eigenvalue weighted by Gasteiger charge is 2.25. The molecule has 1 aliphatic rings. The van der Waals surface area contributed by atoms with Crippen LogP contribution >= 0.6 is 0 Å². The molecule has 0 spiro atoms. The summed E-state index contributed by atoms with van der Waals surface area (Å²) in [4.78, 5) is 25.7. The highest BCUT2D eigenvalue weighted by Crippen LogP contribution is 2.21. The first-order chi connectivity index (χ1) is 12.1. The predicted molar refractivity (Wildman–Crippen MR) is 94.6 cm³/mol. The number of piperidine rings is 1. The van der Waals surface area contributed by atoms with Crippen molar-refractivity contribution in [1.82, 2.24) is 4.90 Å². The molecule has 1 fully saturated rings. The Morgan fingerprint density at radius 2 is 1.80 bits per heavy atom. The van der Waals surface area contributed by atoms with Gasteiger partial charge in [0.2, 0.25) is 6.54 Å². The van der Waals surface area contributed by atoms with Crippen molar-refractivity contribution in [3.8, 4) is 0 Å². The van der Waals surface area contributed by atoms with E-state index in [2.05, 4.69) is 24.3 Å². The highest BCUT2D eigenvalue weighted by molar-refractivity contribution is 5.92. The van der Waals surface area contributed by atoms with Gasteiger partial charge >= 0.3 is 0 Å². The molecule has 3 rings (SSSR count). The van der Waals surface area contributed by atoms with E-state index in [-0.39, 0.29) is 12.5 Å². The van der Waals surface area contributed by atoms with Crippen molar-refractivity contribution in [2.75, 3.05) is 13.1 Å². The molecule has 2 N–H and O–H groups in total. The summed E-state index contributed by atoms with van der Waals surface area (Å²) in [6.45, 7) is 1.84. The number of rotatable bonds is 5. The molecule has 1 aromatic carbocycles. The maximum absolute atomic E-state index is 12.5. The van der Waals surface area contributed by atoms with Gasteiger partial charge in [0.1, 0.15) is 5.56 Å². The molecule has 0 radical (unpaired) electrons. The largest absolute Gasteiger partial charge is 0.365 e. The van der Waals surface area contributed by atoms with Crippen molar-refractivity contribution >= 4 is 11.8 Å². The zero-order chi connectivity index (χ0) is 17.6. The van der Waals surface area contributed by atoms with Gasteiger partial charge in [-0.1, -0.05) is 30.3 Å². The summed E-state index contributed by atoms with van der Waals surface area (Å²) in [6.07, 6.45) is 6.56. The van der Waals surface area contributed by atoms with Crippen LogP contribution in [0.2, 0.25) is 0 Å². The Labute approximate surface area is 148 Å². The molecule has 130 valence electrons. The molecule has 5 nitrogen and oxygen atoms in total. The summed E-state index contributed by atoms with van der Waals surface area (Å²) in [7, 11) is 0. The minimum atomic E-state index is -0.483. The Kier molecular flexibility index (Phi) is 5.43. The fourth-order valence-corrected chi connectivity index (χ4v) is 3.36. The van der Waals surface area contributed by atoms with Crippen LogP contribution in [-0.2, 0) is 17.8 Å². The van der Waals surface area contributed by atoms with Crippen LogP contribution in [0.3, 0.4) is 0 Å². The highest BCUT2D eigenvalue weighted by atomic mass is 16.2. The van der Waals surface area contributed by atoms with E-state index in [0.29, 0.717) is 11.5 Å². The number of carbonyl (C=O) groups excluding carboxylic acids is 2. The van der Waals surface area contributed by atoms with Crippen LogP contribution < -0.4 is 10.3 Å². The Morgan fingerprint density at radius 3 is 2.48 bits per heavy atom. The Morgan fingerprint density at radius 1 is 1.08 bits per heavy atom. The Bertz CT molecular complexity index is 738. The molecule has 0 bridgehead atoms. The second-order valence-corrected chi connectivity index (χ2v) is 6.64. The number of aromatic nitrogens is 1. The number of pyridine rings is 1. The van der Waals surface area contributed by atoms with Crippen LogP contribution in [0.25, 0.3) is 0 Å². The van der Waals surface area contributed by atoms with Gasteiger partial charge in [-0.2, -0.15) is 4.57 Å². The summed E-state index contributed by atoms with van der Waals surface area (Å²) in [6, 6.07) is 13.9. The predicted octanol–water partition coefficient (Wildman–Crippen LogP) is 1.55. The van der Waals surface area contributed by atoms with E-state index in [1.807, 2.05) is 11.0 Å². The molecule has 25 heavy (non-hydrogen) atoms. The topological polar surface area (TPSA) is 67.3 Å². The third kappa shape index (κ3) is 4.66. The fraction of sp³-hybridized carbons (Fsp3) is 0.350. The lowest BCUT2D eigenvalue weighted by Crippen LogP contribution is -2.47. The van der Waals surface area contributed by atoms with Crippen molar-refractivity contribution in [1.29, 1.82) is 0 Å². The van der Waals surface area contributed by atoms with Gasteiger partial charge in [0.25, 0.3) is 11.8 Å². The molecule has 1 saturated heterocycles. The van der Waals surface area contributed by atoms with Crippen molar-refractivity contribution in [3.63, 3.8) is 0 Å². The van der Waals surface area contributed by atoms with Crippen molar-refractivity contribution in [2.24, 2.45) is 11.7 Å². The molecule has 0 unspecified atom stereocenters. The average molecular weight is 338 g/mol. The summed E-state index contributed by atoms with van der Waals surface area (Å²) < 4.78 is 1.72. The molecule has 2 aromatic rings. The first-order valence-corrected chi connectivity index (χ1v) is 8.72. The number of hydrogen-bond acceptors (Lipinski definition) is 2. The van der Waals surface area contributed by atoms with E-state index in [1.54, 1.807) is 29.1 Å². The van der Waals surface area contributed by atoms with Gasteiger partial charge in [-0.15, -0.1) is 0 Å². The van der Waals surface area contributed by atoms with Gasteiger partial charge in [-0.3, -0.25) is 9.59 Å². The van der Waals surface area contributed by atoms with E-state index >= 15 is 0 Å². The number of hydrogen-bond donors (Lipinski definition) is 1. The van der Waals surface area contributed by atoms with Gasteiger partial charge in [0, 0.05) is 19.2 Å². The van der Waals surface area contributed by atoms with Gasteiger partial charge in [0.05, 0.1) is 0 Å². The Balaban J connectivity index is 1.51. The first-order valence-electron chi connectivity index (χ1n) is 8.72. The Hall–Kier alpha value is -2.69. The number of likely N-dealkylation sites (tertiary alicyclic amines) is 1. The third-order valence-corrected chi connectivity index (χ3v) is 4.80. The van der Waals surface area contributed by atoms with Crippen LogP contribution in [0.15, 0.2) is 54.9 Å². The van der Waals surface area contributed by atoms with E-state index in [4.69, 9.17) is 5.73 Å². The van der Waals surface area contributed by atoms with Crippen molar-refractivity contribution in [3.05, 3.63) is 66.0 Å². The summed E-state index contributed by atoms with van der Waals surface area (Å²) in [5.74, 6) is 0.241. The molecular weight excluding hydrogens is 314 g/mol. The number of nitrogens with zero attached hydrogens (tertiary/aromatic N) is 2. The van der Waals surface area contributed by atoms with Gasteiger partial charge < -0.3 is 10.6 Å². The smallest absolute Gasteiger partial charge is 0.288 e.